The quantitative estimate of drug-likeness (QED) is 0.496. The summed E-state index contributed by atoms with van der Waals surface area (Å²) in [5.74, 6) is -0.632. The first-order valence-corrected chi connectivity index (χ1v) is 8.07. The Labute approximate surface area is 117 Å². The second kappa shape index (κ2) is 6.83. The number of ether oxygens (including phenoxy) is 1. The van der Waals surface area contributed by atoms with Crippen LogP contribution in [-0.4, -0.2) is 28.0 Å². The minimum Gasteiger partial charge on any atom is -0.465 e. The predicted octanol–water partition coefficient (Wildman–Crippen LogP) is 2.09. The minimum absolute atomic E-state index is 0.0184. The summed E-state index contributed by atoms with van der Waals surface area (Å²) in [7, 11) is -2.46. The highest BCUT2D eigenvalue weighted by Crippen LogP contribution is 2.27. The van der Waals surface area contributed by atoms with Crippen molar-refractivity contribution >= 4 is 27.3 Å². The molecule has 0 saturated heterocycles. The number of methoxy groups -OCH3 is 1. The van der Waals surface area contributed by atoms with Crippen molar-refractivity contribution in [3.63, 3.8) is 0 Å². The Morgan fingerprint density at radius 2 is 2.21 bits per heavy atom. The van der Waals surface area contributed by atoms with Crippen molar-refractivity contribution in [2.75, 3.05) is 13.7 Å². The van der Waals surface area contributed by atoms with Crippen molar-refractivity contribution in [3.05, 3.63) is 28.0 Å². The molecule has 1 N–H and O–H groups in total. The van der Waals surface area contributed by atoms with Gasteiger partial charge in [-0.25, -0.2) is 17.9 Å². The molecule has 106 valence electrons. The van der Waals surface area contributed by atoms with E-state index in [-0.39, 0.29) is 9.77 Å². The molecule has 0 amide bonds. The van der Waals surface area contributed by atoms with E-state index >= 15 is 0 Å². The molecule has 5 nitrogen and oxygen atoms in total. The third-order valence-electron chi connectivity index (χ3n) is 2.40. The van der Waals surface area contributed by atoms with Crippen LogP contribution in [0.4, 0.5) is 0 Å². The highest BCUT2D eigenvalue weighted by atomic mass is 32.2. The molecule has 0 saturated carbocycles. The first-order valence-electron chi connectivity index (χ1n) is 5.71. The molecule has 0 radical (unpaired) electrons. The van der Waals surface area contributed by atoms with E-state index in [4.69, 9.17) is 0 Å². The molecule has 0 aliphatic rings. The molecule has 1 aromatic heterocycles. The van der Waals surface area contributed by atoms with E-state index in [2.05, 4.69) is 9.46 Å². The standard InChI is InChI=1S/C12H17NO4S2/c1-4-5-6-7-13-19(15,16)11-9(2)8-18-10(11)12(14)17-3/h4-5,8,13H,6-7H2,1-3H3/b5-4+. The van der Waals surface area contributed by atoms with Crippen LogP contribution in [0.15, 0.2) is 22.4 Å². The molecule has 0 aliphatic heterocycles. The summed E-state index contributed by atoms with van der Waals surface area (Å²) in [6, 6.07) is 0. The molecular weight excluding hydrogens is 286 g/mol. The first-order chi connectivity index (χ1) is 8.94. The lowest BCUT2D eigenvalue weighted by molar-refractivity contribution is 0.0602. The Hall–Kier alpha value is -1.18. The van der Waals surface area contributed by atoms with Crippen molar-refractivity contribution < 1.29 is 17.9 Å². The molecule has 7 heteroatoms. The Bertz CT molecular complexity index is 573. The van der Waals surface area contributed by atoms with Crippen LogP contribution in [0.25, 0.3) is 0 Å². The predicted molar refractivity (Wildman–Crippen MR) is 75.0 cm³/mol. The van der Waals surface area contributed by atoms with E-state index in [0.29, 0.717) is 18.5 Å². The molecule has 0 bridgehead atoms. The second-order valence-electron chi connectivity index (χ2n) is 3.82. The topological polar surface area (TPSA) is 72.5 Å². The van der Waals surface area contributed by atoms with E-state index in [0.717, 1.165) is 11.3 Å². The van der Waals surface area contributed by atoms with Crippen LogP contribution in [0, 0.1) is 6.92 Å². The number of thiophene rings is 1. The molecular formula is C12H17NO4S2. The van der Waals surface area contributed by atoms with Gasteiger partial charge in [0.15, 0.2) is 0 Å². The van der Waals surface area contributed by atoms with E-state index in [1.165, 1.54) is 7.11 Å². The van der Waals surface area contributed by atoms with Crippen LogP contribution in [0.5, 0.6) is 0 Å². The molecule has 0 aliphatic carbocycles. The maximum atomic E-state index is 12.2. The van der Waals surface area contributed by atoms with Gasteiger partial charge in [0.05, 0.1) is 7.11 Å². The lowest BCUT2D eigenvalue weighted by atomic mass is 10.3. The molecule has 0 atom stereocenters. The third kappa shape index (κ3) is 3.89. The molecule has 19 heavy (non-hydrogen) atoms. The Balaban J connectivity index is 3.00. The average molecular weight is 303 g/mol. The maximum absolute atomic E-state index is 12.2. The molecule has 0 unspecified atom stereocenters. The first kappa shape index (κ1) is 15.9. The lowest BCUT2D eigenvalue weighted by Crippen LogP contribution is -2.26. The van der Waals surface area contributed by atoms with Crippen molar-refractivity contribution in [3.8, 4) is 0 Å². The summed E-state index contributed by atoms with van der Waals surface area (Å²) in [5, 5.41) is 1.63. The molecule has 1 rings (SSSR count). The van der Waals surface area contributed by atoms with Crippen molar-refractivity contribution in [2.24, 2.45) is 0 Å². The zero-order valence-corrected chi connectivity index (χ0v) is 12.7. The Kier molecular flexibility index (Phi) is 5.71. The summed E-state index contributed by atoms with van der Waals surface area (Å²) in [5.41, 5.74) is 0.545. The fourth-order valence-corrected chi connectivity index (χ4v) is 4.27. The van der Waals surface area contributed by atoms with Gasteiger partial charge in [0, 0.05) is 6.54 Å². The number of hydrogen-bond donors (Lipinski definition) is 1. The van der Waals surface area contributed by atoms with Crippen molar-refractivity contribution in [1.82, 2.24) is 4.72 Å². The SMILES string of the molecule is C/C=C/CCNS(=O)(=O)c1c(C)csc1C(=O)OC. The van der Waals surface area contributed by atoms with Gasteiger partial charge in [0.25, 0.3) is 0 Å². The molecule has 1 aromatic rings. The van der Waals surface area contributed by atoms with Gasteiger partial charge in [-0.15, -0.1) is 11.3 Å². The van der Waals surface area contributed by atoms with Crippen LogP contribution in [-0.2, 0) is 14.8 Å². The number of allylic oxidation sites excluding steroid dienone is 1. The molecule has 1 heterocycles. The number of carbonyl (C=O) groups excluding carboxylic acids is 1. The highest BCUT2D eigenvalue weighted by molar-refractivity contribution is 7.89. The van der Waals surface area contributed by atoms with Crippen LogP contribution >= 0.6 is 11.3 Å². The molecule has 0 spiro atoms. The Morgan fingerprint density at radius 3 is 2.79 bits per heavy atom. The maximum Gasteiger partial charge on any atom is 0.349 e. The summed E-state index contributed by atoms with van der Waals surface area (Å²) in [4.78, 5) is 11.7. The van der Waals surface area contributed by atoms with E-state index in [1.807, 2.05) is 19.1 Å². The normalized spacial score (nSPS) is 11.9. The van der Waals surface area contributed by atoms with Crippen LogP contribution in [0.1, 0.15) is 28.6 Å². The zero-order valence-electron chi connectivity index (χ0n) is 11.1. The van der Waals surface area contributed by atoms with Crippen LogP contribution in [0.2, 0.25) is 0 Å². The number of sulfonamides is 1. The zero-order chi connectivity index (χ0) is 14.5. The smallest absolute Gasteiger partial charge is 0.349 e. The van der Waals surface area contributed by atoms with Gasteiger partial charge in [-0.3, -0.25) is 0 Å². The van der Waals surface area contributed by atoms with Gasteiger partial charge >= 0.3 is 5.97 Å². The van der Waals surface area contributed by atoms with Gasteiger partial charge < -0.3 is 4.74 Å². The van der Waals surface area contributed by atoms with Gasteiger partial charge in [-0.05, 0) is 31.2 Å². The van der Waals surface area contributed by atoms with Crippen molar-refractivity contribution in [2.45, 2.75) is 25.2 Å². The summed E-state index contributed by atoms with van der Waals surface area (Å²) in [6.07, 6.45) is 4.32. The fourth-order valence-electron chi connectivity index (χ4n) is 1.52. The number of hydrogen-bond acceptors (Lipinski definition) is 5. The Morgan fingerprint density at radius 1 is 1.53 bits per heavy atom. The van der Waals surface area contributed by atoms with Crippen molar-refractivity contribution in [1.29, 1.82) is 0 Å². The number of esters is 1. The van der Waals surface area contributed by atoms with Gasteiger partial charge in [0.2, 0.25) is 10.0 Å². The summed E-state index contributed by atoms with van der Waals surface area (Å²) < 4.78 is 31.4. The summed E-state index contributed by atoms with van der Waals surface area (Å²) >= 11 is 1.07. The fraction of sp³-hybridized carbons (Fsp3) is 0.417. The highest BCUT2D eigenvalue weighted by Gasteiger charge is 2.26. The monoisotopic (exact) mass is 303 g/mol. The molecule has 0 fully saturated rings. The third-order valence-corrected chi connectivity index (χ3v) is 5.25. The number of aryl methyl sites for hydroxylation is 1. The lowest BCUT2D eigenvalue weighted by Gasteiger charge is -2.07. The second-order valence-corrected chi connectivity index (χ2v) is 6.41. The van der Waals surface area contributed by atoms with E-state index in [9.17, 15) is 13.2 Å². The largest absolute Gasteiger partial charge is 0.465 e. The summed E-state index contributed by atoms with van der Waals surface area (Å²) in [6.45, 7) is 3.82. The average Bonchev–Trinajstić information content (AvgIpc) is 2.76. The van der Waals surface area contributed by atoms with Crippen LogP contribution in [0.3, 0.4) is 0 Å². The van der Waals surface area contributed by atoms with Gasteiger partial charge in [-0.1, -0.05) is 12.2 Å². The minimum atomic E-state index is -3.69. The molecule has 0 aromatic carbocycles. The van der Waals surface area contributed by atoms with Gasteiger partial charge in [-0.2, -0.15) is 0 Å². The van der Waals surface area contributed by atoms with Crippen LogP contribution < -0.4 is 4.72 Å². The number of carbonyl (C=O) groups is 1. The van der Waals surface area contributed by atoms with E-state index < -0.39 is 16.0 Å². The number of rotatable bonds is 6. The van der Waals surface area contributed by atoms with Gasteiger partial charge in [0.1, 0.15) is 9.77 Å². The number of nitrogens with one attached hydrogen (secondary N) is 1. The van der Waals surface area contributed by atoms with E-state index in [1.54, 1.807) is 12.3 Å².